The Morgan fingerprint density at radius 1 is 0.923 bits per heavy atom. The molecule has 0 aromatic carbocycles. The summed E-state index contributed by atoms with van der Waals surface area (Å²) in [4.78, 5) is 20.7. The molecule has 0 bridgehead atoms. The summed E-state index contributed by atoms with van der Waals surface area (Å²) >= 11 is 0. The highest BCUT2D eigenvalue weighted by molar-refractivity contribution is 4.54. The fourth-order valence-corrected chi connectivity index (χ4v) is 1.19. The molecule has 74 valence electrons. The molecule has 0 spiro atoms. The van der Waals surface area contributed by atoms with Crippen LogP contribution in [0, 0.1) is 20.2 Å². The second kappa shape index (κ2) is 3.87. The highest BCUT2D eigenvalue weighted by atomic mass is 16.7. The van der Waals surface area contributed by atoms with E-state index in [9.17, 15) is 20.2 Å². The summed E-state index contributed by atoms with van der Waals surface area (Å²) in [7, 11) is 0. The van der Waals surface area contributed by atoms with Gasteiger partial charge < -0.3 is 0 Å². The Kier molecular flexibility index (Phi) is 2.83. The van der Waals surface area contributed by atoms with Crippen LogP contribution in [0.15, 0.2) is 0 Å². The summed E-state index contributed by atoms with van der Waals surface area (Å²) in [6.45, 7) is 0.314. The van der Waals surface area contributed by atoms with Crippen LogP contribution in [0.3, 0.4) is 0 Å². The van der Waals surface area contributed by atoms with E-state index in [4.69, 9.17) is 0 Å². The summed E-state index contributed by atoms with van der Waals surface area (Å²) in [5, 5.41) is 21.2. The van der Waals surface area contributed by atoms with Gasteiger partial charge in [-0.2, -0.15) is 0 Å². The van der Waals surface area contributed by atoms with Crippen molar-refractivity contribution in [2.75, 3.05) is 19.8 Å². The van der Waals surface area contributed by atoms with Crippen molar-refractivity contribution in [3.05, 3.63) is 20.2 Å². The molecule has 1 saturated heterocycles. The highest BCUT2D eigenvalue weighted by Crippen LogP contribution is 2.06. The first-order valence-electron chi connectivity index (χ1n) is 3.90. The monoisotopic (exact) mass is 190 g/mol. The van der Waals surface area contributed by atoms with Gasteiger partial charge in [0.2, 0.25) is 6.67 Å². The minimum atomic E-state index is -0.595. The minimum absolute atomic E-state index is 0.236. The van der Waals surface area contributed by atoms with Gasteiger partial charge in [-0.05, 0) is 12.8 Å². The van der Waals surface area contributed by atoms with Crippen LogP contribution in [-0.2, 0) is 0 Å². The summed E-state index contributed by atoms with van der Waals surface area (Å²) in [6.07, 6.45) is 1.23. The van der Waals surface area contributed by atoms with Gasteiger partial charge in [0.25, 0.3) is 0 Å². The first-order valence-corrected chi connectivity index (χ1v) is 3.90. The van der Waals surface area contributed by atoms with Crippen molar-refractivity contribution in [1.29, 1.82) is 0 Å². The van der Waals surface area contributed by atoms with Crippen LogP contribution in [0.4, 0.5) is 0 Å². The fraction of sp³-hybridized carbons (Fsp3) is 1.00. The van der Waals surface area contributed by atoms with Crippen molar-refractivity contribution in [2.24, 2.45) is 0 Å². The Morgan fingerprint density at radius 2 is 1.31 bits per heavy atom. The highest BCUT2D eigenvalue weighted by Gasteiger charge is 2.26. The molecule has 0 aromatic heterocycles. The molecule has 1 rings (SSSR count). The SMILES string of the molecule is O=[N+]([O-])N1CCCCN([N+](=O)[O-])C1. The van der Waals surface area contributed by atoms with Crippen molar-refractivity contribution < 1.29 is 10.1 Å². The second-order valence-electron chi connectivity index (χ2n) is 2.78. The number of nitrogens with zero attached hydrogens (tertiary/aromatic N) is 4. The first-order chi connectivity index (χ1) is 6.11. The molecule has 0 aromatic rings. The van der Waals surface area contributed by atoms with Gasteiger partial charge in [-0.1, -0.05) is 0 Å². The molecule has 8 nitrogen and oxygen atoms in total. The Hall–Kier alpha value is -1.60. The molecule has 1 fully saturated rings. The summed E-state index contributed by atoms with van der Waals surface area (Å²) in [6, 6.07) is 0. The predicted octanol–water partition coefficient (Wildman–Crippen LogP) is -0.275. The topological polar surface area (TPSA) is 92.8 Å². The van der Waals surface area contributed by atoms with Crippen molar-refractivity contribution in [3.8, 4) is 0 Å². The van der Waals surface area contributed by atoms with E-state index >= 15 is 0 Å². The molecule has 0 radical (unpaired) electrons. The molecule has 0 atom stereocenters. The van der Waals surface area contributed by atoms with Gasteiger partial charge >= 0.3 is 0 Å². The minimum Gasteiger partial charge on any atom is -0.235 e. The van der Waals surface area contributed by atoms with E-state index in [-0.39, 0.29) is 19.8 Å². The maximum atomic E-state index is 10.4. The quantitative estimate of drug-likeness (QED) is 0.439. The summed E-state index contributed by atoms with van der Waals surface area (Å²) in [5.41, 5.74) is 0. The van der Waals surface area contributed by atoms with E-state index < -0.39 is 10.1 Å². The molecule has 0 aliphatic carbocycles. The standard InChI is InChI=1S/C5H10N4O4/c10-8(11)6-3-1-2-4-7(5-6)9(12)13/h1-5H2. The maximum Gasteiger partial charge on any atom is 0.207 e. The number of nitro groups is 2. The number of hydrogen-bond acceptors (Lipinski definition) is 4. The molecule has 13 heavy (non-hydrogen) atoms. The fourth-order valence-electron chi connectivity index (χ4n) is 1.19. The van der Waals surface area contributed by atoms with Gasteiger partial charge in [0.15, 0.2) is 10.1 Å². The third-order valence-corrected chi connectivity index (χ3v) is 1.87. The molecular weight excluding hydrogens is 180 g/mol. The summed E-state index contributed by atoms with van der Waals surface area (Å²) < 4.78 is 0. The van der Waals surface area contributed by atoms with E-state index in [1.54, 1.807) is 0 Å². The van der Waals surface area contributed by atoms with Crippen LogP contribution in [0.1, 0.15) is 12.8 Å². The Bertz CT molecular complexity index is 199. The lowest BCUT2D eigenvalue weighted by Crippen LogP contribution is -2.42. The van der Waals surface area contributed by atoms with E-state index in [0.717, 1.165) is 10.0 Å². The predicted molar refractivity (Wildman–Crippen MR) is 41.5 cm³/mol. The number of rotatable bonds is 2. The van der Waals surface area contributed by atoms with E-state index in [0.29, 0.717) is 12.8 Å². The molecule has 0 saturated carbocycles. The Balaban J connectivity index is 2.59. The van der Waals surface area contributed by atoms with Crippen LogP contribution in [0.25, 0.3) is 0 Å². The van der Waals surface area contributed by atoms with Crippen LogP contribution < -0.4 is 0 Å². The molecule has 8 heteroatoms. The zero-order valence-corrected chi connectivity index (χ0v) is 6.96. The molecule has 0 amide bonds. The van der Waals surface area contributed by atoms with E-state index in [1.165, 1.54) is 0 Å². The smallest absolute Gasteiger partial charge is 0.207 e. The van der Waals surface area contributed by atoms with Gasteiger partial charge in [0.1, 0.15) is 0 Å². The van der Waals surface area contributed by atoms with Gasteiger partial charge in [0.05, 0.1) is 13.1 Å². The lowest BCUT2D eigenvalue weighted by atomic mass is 10.3. The van der Waals surface area contributed by atoms with Crippen LogP contribution in [0.5, 0.6) is 0 Å². The summed E-state index contributed by atoms with van der Waals surface area (Å²) in [5.74, 6) is 0. The second-order valence-corrected chi connectivity index (χ2v) is 2.78. The normalized spacial score (nSPS) is 18.2. The number of hydrazine groups is 2. The van der Waals surface area contributed by atoms with E-state index in [2.05, 4.69) is 0 Å². The molecule has 0 unspecified atom stereocenters. The van der Waals surface area contributed by atoms with Crippen LogP contribution >= 0.6 is 0 Å². The van der Waals surface area contributed by atoms with E-state index in [1.807, 2.05) is 0 Å². The third kappa shape index (κ3) is 2.42. The van der Waals surface area contributed by atoms with Crippen molar-refractivity contribution >= 4 is 0 Å². The zero-order valence-electron chi connectivity index (χ0n) is 6.96. The Morgan fingerprint density at radius 3 is 1.62 bits per heavy atom. The average molecular weight is 190 g/mol. The molecule has 1 aliphatic heterocycles. The van der Waals surface area contributed by atoms with Crippen molar-refractivity contribution in [2.45, 2.75) is 12.8 Å². The zero-order chi connectivity index (χ0) is 9.84. The van der Waals surface area contributed by atoms with Gasteiger partial charge in [-0.25, -0.2) is 20.2 Å². The molecule has 1 aliphatic rings. The number of hydrogen-bond donors (Lipinski definition) is 0. The van der Waals surface area contributed by atoms with Gasteiger partial charge in [0, 0.05) is 0 Å². The van der Waals surface area contributed by atoms with Crippen LogP contribution in [0.2, 0.25) is 0 Å². The van der Waals surface area contributed by atoms with Gasteiger partial charge in [-0.3, -0.25) is 0 Å². The Labute approximate surface area is 74.0 Å². The largest absolute Gasteiger partial charge is 0.235 e. The van der Waals surface area contributed by atoms with Gasteiger partial charge in [-0.15, -0.1) is 10.0 Å². The molecule has 1 heterocycles. The third-order valence-electron chi connectivity index (χ3n) is 1.87. The van der Waals surface area contributed by atoms with Crippen molar-refractivity contribution in [1.82, 2.24) is 10.0 Å². The lowest BCUT2D eigenvalue weighted by molar-refractivity contribution is -0.709. The molecular formula is C5H10N4O4. The van der Waals surface area contributed by atoms with Crippen LogP contribution in [-0.4, -0.2) is 39.8 Å². The molecule has 0 N–H and O–H groups in total. The first kappa shape index (κ1) is 9.49. The average Bonchev–Trinajstić information content (AvgIpc) is 2.28. The van der Waals surface area contributed by atoms with Crippen molar-refractivity contribution in [3.63, 3.8) is 0 Å². The maximum absolute atomic E-state index is 10.4. The lowest BCUT2D eigenvalue weighted by Gasteiger charge is -2.14.